The molecule has 26 heavy (non-hydrogen) atoms. The number of fused-ring (bicyclic) bond motifs is 1. The van der Waals surface area contributed by atoms with Gasteiger partial charge in [-0.25, -0.2) is 9.98 Å². The Morgan fingerprint density at radius 3 is 2.88 bits per heavy atom. The fraction of sp³-hybridized carbons (Fsp3) is 0.0500. The molecule has 0 aliphatic heterocycles. The van der Waals surface area contributed by atoms with Crippen LogP contribution >= 0.6 is 0 Å². The van der Waals surface area contributed by atoms with E-state index >= 15 is 0 Å². The first-order chi connectivity index (χ1) is 12.5. The van der Waals surface area contributed by atoms with Crippen molar-refractivity contribution in [1.82, 2.24) is 10.3 Å². The van der Waals surface area contributed by atoms with Gasteiger partial charge < -0.3 is 10.2 Å². The molecule has 0 saturated heterocycles. The van der Waals surface area contributed by atoms with Crippen LogP contribution in [0.1, 0.15) is 16.2 Å². The van der Waals surface area contributed by atoms with Gasteiger partial charge >= 0.3 is 0 Å². The summed E-state index contributed by atoms with van der Waals surface area (Å²) < 4.78 is 5.52. The van der Waals surface area contributed by atoms with Gasteiger partial charge in [0.25, 0.3) is 5.91 Å². The SMILES string of the molecule is C=C/C=c1/nc(C(=O)NC(N)=Nc2ccc3oc(C)cc3c2)ccc1=C. The van der Waals surface area contributed by atoms with Gasteiger partial charge in [-0.05, 0) is 48.6 Å². The second-order valence-corrected chi connectivity index (χ2v) is 5.67. The van der Waals surface area contributed by atoms with E-state index in [1.807, 2.05) is 25.1 Å². The van der Waals surface area contributed by atoms with Crippen LogP contribution in [-0.4, -0.2) is 16.9 Å². The summed E-state index contributed by atoms with van der Waals surface area (Å²) in [5.41, 5.74) is 7.44. The number of hydrogen-bond acceptors (Lipinski definition) is 4. The maximum absolute atomic E-state index is 12.3. The number of amides is 1. The van der Waals surface area contributed by atoms with Crippen molar-refractivity contribution in [3.8, 4) is 0 Å². The van der Waals surface area contributed by atoms with E-state index in [4.69, 9.17) is 10.2 Å². The third-order valence-electron chi connectivity index (χ3n) is 3.63. The number of nitrogens with zero attached hydrogens (tertiary/aromatic N) is 2. The highest BCUT2D eigenvalue weighted by Gasteiger charge is 2.09. The van der Waals surface area contributed by atoms with Gasteiger partial charge in [0.1, 0.15) is 17.0 Å². The fourth-order valence-corrected chi connectivity index (χ4v) is 2.47. The van der Waals surface area contributed by atoms with Crippen LogP contribution in [0.25, 0.3) is 23.6 Å². The molecule has 0 spiro atoms. The van der Waals surface area contributed by atoms with Gasteiger partial charge in [0.05, 0.1) is 11.0 Å². The van der Waals surface area contributed by atoms with Gasteiger partial charge in [0, 0.05) is 5.39 Å². The Bertz CT molecular complexity index is 1140. The summed E-state index contributed by atoms with van der Waals surface area (Å²) in [5, 5.41) is 4.72. The summed E-state index contributed by atoms with van der Waals surface area (Å²) >= 11 is 0. The molecule has 0 unspecified atom stereocenters. The number of benzene rings is 1. The summed E-state index contributed by atoms with van der Waals surface area (Å²) in [6.07, 6.45) is 3.26. The zero-order chi connectivity index (χ0) is 18.7. The van der Waals surface area contributed by atoms with Crippen LogP contribution < -0.4 is 21.6 Å². The number of carbonyl (C=O) groups excluding carboxylic acids is 1. The first kappa shape index (κ1) is 17.2. The second kappa shape index (κ2) is 7.06. The highest BCUT2D eigenvalue weighted by molar-refractivity contribution is 6.04. The Morgan fingerprint density at radius 2 is 2.12 bits per heavy atom. The molecule has 6 heteroatoms. The Balaban J connectivity index is 1.82. The number of hydrogen-bond donors (Lipinski definition) is 2. The largest absolute Gasteiger partial charge is 0.461 e. The molecule has 130 valence electrons. The lowest BCUT2D eigenvalue weighted by molar-refractivity contribution is 0.0971. The van der Waals surface area contributed by atoms with Crippen molar-refractivity contribution in [2.75, 3.05) is 0 Å². The fourth-order valence-electron chi connectivity index (χ4n) is 2.47. The molecule has 1 aromatic carbocycles. The molecule has 0 radical (unpaired) electrons. The van der Waals surface area contributed by atoms with Crippen molar-refractivity contribution in [3.05, 3.63) is 71.1 Å². The number of nitrogens with one attached hydrogen (secondary N) is 1. The maximum atomic E-state index is 12.3. The Hall–Kier alpha value is -3.67. The van der Waals surface area contributed by atoms with Gasteiger partial charge in [-0.2, -0.15) is 0 Å². The minimum Gasteiger partial charge on any atom is -0.461 e. The summed E-state index contributed by atoms with van der Waals surface area (Å²) in [6.45, 7) is 9.35. The van der Waals surface area contributed by atoms with Crippen LogP contribution in [0.5, 0.6) is 0 Å². The number of aromatic nitrogens is 1. The summed E-state index contributed by atoms with van der Waals surface area (Å²) in [7, 11) is 0. The average Bonchev–Trinajstić information content (AvgIpc) is 2.96. The molecule has 0 atom stereocenters. The van der Waals surface area contributed by atoms with E-state index in [0.29, 0.717) is 16.3 Å². The molecule has 3 rings (SSSR count). The Labute approximate surface area is 150 Å². The van der Waals surface area contributed by atoms with Gasteiger partial charge in [0.15, 0.2) is 0 Å². The topological polar surface area (TPSA) is 93.5 Å². The van der Waals surface area contributed by atoms with Crippen molar-refractivity contribution < 1.29 is 9.21 Å². The molecular weight excluding hydrogens is 328 g/mol. The van der Waals surface area contributed by atoms with E-state index in [1.54, 1.807) is 30.4 Å². The Morgan fingerprint density at radius 1 is 1.31 bits per heavy atom. The number of aryl methyl sites for hydroxylation is 1. The van der Waals surface area contributed by atoms with E-state index in [9.17, 15) is 4.79 Å². The van der Waals surface area contributed by atoms with E-state index in [1.165, 1.54) is 0 Å². The van der Waals surface area contributed by atoms with Crippen LogP contribution in [-0.2, 0) is 0 Å². The molecule has 2 heterocycles. The van der Waals surface area contributed by atoms with E-state index in [2.05, 4.69) is 28.5 Å². The highest BCUT2D eigenvalue weighted by atomic mass is 16.3. The number of allylic oxidation sites excluding steroid dienone is 1. The molecule has 0 aliphatic carbocycles. The molecule has 0 bridgehead atoms. The lowest BCUT2D eigenvalue weighted by Crippen LogP contribution is -2.39. The molecule has 3 aromatic rings. The standard InChI is InChI=1S/C20H18N4O2/c1-4-5-16-12(2)6-8-17(23-16)19(25)24-20(21)22-15-7-9-18-14(11-15)10-13(3)26-18/h4-11H,1-2H2,3H3,(H3,21,22,24,25)/b16-5+. The summed E-state index contributed by atoms with van der Waals surface area (Å²) in [6, 6.07) is 10.6. The smallest absolute Gasteiger partial charge is 0.276 e. The van der Waals surface area contributed by atoms with Crippen LogP contribution in [0.2, 0.25) is 0 Å². The Kier molecular flexibility index (Phi) is 4.66. The van der Waals surface area contributed by atoms with Crippen molar-refractivity contribution in [2.24, 2.45) is 10.7 Å². The van der Waals surface area contributed by atoms with Crippen LogP contribution in [0.4, 0.5) is 5.69 Å². The van der Waals surface area contributed by atoms with Crippen molar-refractivity contribution in [1.29, 1.82) is 0 Å². The molecule has 6 nitrogen and oxygen atoms in total. The third-order valence-corrected chi connectivity index (χ3v) is 3.63. The second-order valence-electron chi connectivity index (χ2n) is 5.67. The van der Waals surface area contributed by atoms with Crippen LogP contribution in [0, 0.1) is 6.92 Å². The van der Waals surface area contributed by atoms with Gasteiger partial charge in [-0.3, -0.25) is 10.1 Å². The molecule has 3 N–H and O–H groups in total. The molecular formula is C20H18N4O2. The number of pyridine rings is 1. The highest BCUT2D eigenvalue weighted by Crippen LogP contribution is 2.24. The van der Waals surface area contributed by atoms with E-state index in [0.717, 1.165) is 16.7 Å². The van der Waals surface area contributed by atoms with E-state index in [-0.39, 0.29) is 11.7 Å². The van der Waals surface area contributed by atoms with E-state index < -0.39 is 5.91 Å². The lowest BCUT2D eigenvalue weighted by Gasteiger charge is -2.04. The van der Waals surface area contributed by atoms with Gasteiger partial charge in [0.2, 0.25) is 5.96 Å². The molecule has 0 fully saturated rings. The minimum absolute atomic E-state index is 0.0238. The molecule has 2 aromatic heterocycles. The lowest BCUT2D eigenvalue weighted by atomic mass is 10.2. The van der Waals surface area contributed by atoms with Crippen LogP contribution in [0.3, 0.4) is 0 Å². The third kappa shape index (κ3) is 3.70. The number of aliphatic imine (C=N–C) groups is 1. The first-order valence-corrected chi connectivity index (χ1v) is 7.91. The average molecular weight is 346 g/mol. The number of guanidine groups is 1. The van der Waals surface area contributed by atoms with Gasteiger partial charge in [-0.1, -0.05) is 25.3 Å². The quantitative estimate of drug-likeness (QED) is 0.559. The first-order valence-electron chi connectivity index (χ1n) is 7.91. The van der Waals surface area contributed by atoms with Crippen molar-refractivity contribution in [2.45, 2.75) is 6.92 Å². The molecule has 1 amide bonds. The predicted octanol–water partition coefficient (Wildman–Crippen LogP) is 1.89. The zero-order valence-corrected chi connectivity index (χ0v) is 14.3. The summed E-state index contributed by atoms with van der Waals surface area (Å²) in [5.74, 6) is 0.337. The molecule has 0 aliphatic rings. The minimum atomic E-state index is -0.454. The monoisotopic (exact) mass is 346 g/mol. The summed E-state index contributed by atoms with van der Waals surface area (Å²) in [4.78, 5) is 20.8. The van der Waals surface area contributed by atoms with Crippen molar-refractivity contribution >= 4 is 41.2 Å². The van der Waals surface area contributed by atoms with Gasteiger partial charge in [-0.15, -0.1) is 0 Å². The molecule has 0 saturated carbocycles. The van der Waals surface area contributed by atoms with Crippen molar-refractivity contribution in [3.63, 3.8) is 0 Å². The zero-order valence-electron chi connectivity index (χ0n) is 14.3. The normalized spacial score (nSPS) is 12.3. The number of nitrogens with two attached hydrogens (primary N) is 1. The predicted molar refractivity (Wildman–Crippen MR) is 103 cm³/mol. The number of rotatable bonds is 3. The maximum Gasteiger partial charge on any atom is 0.276 e. The number of carbonyl (C=O) groups is 1. The number of furan rings is 1. The van der Waals surface area contributed by atoms with Crippen LogP contribution in [0.15, 0.2) is 58.5 Å².